The number of aromatic nitrogens is 2. The lowest BCUT2D eigenvalue weighted by molar-refractivity contribution is -0.143. The third-order valence-corrected chi connectivity index (χ3v) is 6.95. The quantitative estimate of drug-likeness (QED) is 0.474. The summed E-state index contributed by atoms with van der Waals surface area (Å²) < 4.78 is 7.23. The van der Waals surface area contributed by atoms with Crippen LogP contribution in [-0.4, -0.2) is 51.2 Å². The number of aliphatic carboxylic acids is 1. The number of thiophene rings is 1. The number of carbonyl (C=O) groups is 2. The van der Waals surface area contributed by atoms with Gasteiger partial charge in [-0.1, -0.05) is 12.1 Å². The molecule has 3 N–H and O–H groups in total. The van der Waals surface area contributed by atoms with E-state index < -0.39 is 17.6 Å². The van der Waals surface area contributed by atoms with Crippen LogP contribution in [0.5, 0.6) is 5.75 Å². The highest BCUT2D eigenvalue weighted by Crippen LogP contribution is 2.44. The fourth-order valence-electron chi connectivity index (χ4n) is 4.15. The summed E-state index contributed by atoms with van der Waals surface area (Å²) in [5, 5.41) is 17.4. The second-order valence-corrected chi connectivity index (χ2v) is 9.02. The summed E-state index contributed by atoms with van der Waals surface area (Å²) in [7, 11) is 0. The van der Waals surface area contributed by atoms with Gasteiger partial charge in [0.25, 0.3) is 0 Å². The Morgan fingerprint density at radius 1 is 1.34 bits per heavy atom. The number of carboxylic acids is 1. The molecule has 1 aliphatic heterocycles. The van der Waals surface area contributed by atoms with E-state index in [1.807, 2.05) is 35.7 Å². The minimum Gasteiger partial charge on any atom is -0.487 e. The number of carboxylic acid groups (broad SMARTS) is 1. The minimum atomic E-state index is -1.23. The van der Waals surface area contributed by atoms with Crippen molar-refractivity contribution in [3.05, 3.63) is 54.6 Å². The molecule has 9 heteroatoms. The average Bonchev–Trinajstić information content (AvgIpc) is 3.12. The minimum absolute atomic E-state index is 0.231. The molecule has 0 bridgehead atoms. The van der Waals surface area contributed by atoms with Crippen LogP contribution in [0.4, 0.5) is 0 Å². The van der Waals surface area contributed by atoms with Crippen molar-refractivity contribution < 1.29 is 19.4 Å². The normalized spacial score (nSPS) is 26.6. The molecule has 3 aromatic rings. The molecule has 1 saturated heterocycles. The SMILES string of the molecule is C=C[C@@H]1C[C@]1(NC(=O)[C@H]1C[C@@H](Oc2cc(-c3ccccn3)nc3ccsc23)CN1)C(=O)O. The Morgan fingerprint density at radius 3 is 2.94 bits per heavy atom. The lowest BCUT2D eigenvalue weighted by Crippen LogP contribution is -2.51. The van der Waals surface area contributed by atoms with Crippen molar-refractivity contribution in [3.63, 3.8) is 0 Å². The van der Waals surface area contributed by atoms with E-state index in [1.54, 1.807) is 23.6 Å². The lowest BCUT2D eigenvalue weighted by Gasteiger charge is -2.18. The summed E-state index contributed by atoms with van der Waals surface area (Å²) in [6, 6.07) is 8.97. The molecule has 4 atom stereocenters. The Hall–Kier alpha value is -3.30. The van der Waals surface area contributed by atoms with Crippen molar-refractivity contribution in [2.75, 3.05) is 6.54 Å². The summed E-state index contributed by atoms with van der Waals surface area (Å²) >= 11 is 1.55. The predicted octanol–water partition coefficient (Wildman–Crippen LogP) is 2.61. The van der Waals surface area contributed by atoms with E-state index in [0.29, 0.717) is 25.1 Å². The Kier molecular flexibility index (Phi) is 5.15. The van der Waals surface area contributed by atoms with Gasteiger partial charge in [-0.05, 0) is 30.0 Å². The third-order valence-electron chi connectivity index (χ3n) is 6.03. The predicted molar refractivity (Wildman–Crippen MR) is 120 cm³/mol. The highest BCUT2D eigenvalue weighted by Gasteiger charge is 2.60. The van der Waals surface area contributed by atoms with E-state index in [1.165, 1.54) is 0 Å². The smallest absolute Gasteiger partial charge is 0.330 e. The summed E-state index contributed by atoms with van der Waals surface area (Å²) in [5.41, 5.74) is 1.08. The van der Waals surface area contributed by atoms with Crippen LogP contribution in [0.25, 0.3) is 21.6 Å². The van der Waals surface area contributed by atoms with E-state index in [-0.39, 0.29) is 17.9 Å². The Labute approximate surface area is 188 Å². The number of fused-ring (bicyclic) bond motifs is 1. The van der Waals surface area contributed by atoms with Crippen molar-refractivity contribution in [2.24, 2.45) is 5.92 Å². The van der Waals surface area contributed by atoms with E-state index in [0.717, 1.165) is 21.6 Å². The topological polar surface area (TPSA) is 113 Å². The Bertz CT molecular complexity index is 1200. The summed E-state index contributed by atoms with van der Waals surface area (Å²) in [4.78, 5) is 33.4. The first-order chi connectivity index (χ1) is 15.5. The molecule has 0 aromatic carbocycles. The summed E-state index contributed by atoms with van der Waals surface area (Å²) in [5.74, 6) is -0.894. The fourth-order valence-corrected chi connectivity index (χ4v) is 4.95. The standard InChI is InChI=1S/C23H22N4O4S/c1-2-13-11-23(13,22(29)30)27-21(28)18-9-14(12-25-18)31-19-10-17(15-5-3-4-7-24-15)26-16-6-8-32-20(16)19/h2-8,10,13-14,18,25H,1,9,11-12H2,(H,27,28)(H,29,30)/t13-,14-,18-,23-/m1/s1. The van der Waals surface area contributed by atoms with Gasteiger partial charge < -0.3 is 20.5 Å². The van der Waals surface area contributed by atoms with Crippen LogP contribution in [-0.2, 0) is 9.59 Å². The first-order valence-corrected chi connectivity index (χ1v) is 11.3. The molecule has 164 valence electrons. The number of amides is 1. The highest BCUT2D eigenvalue weighted by molar-refractivity contribution is 7.17. The number of nitrogens with one attached hydrogen (secondary N) is 2. The van der Waals surface area contributed by atoms with Crippen molar-refractivity contribution in [3.8, 4) is 17.1 Å². The highest BCUT2D eigenvalue weighted by atomic mass is 32.1. The van der Waals surface area contributed by atoms with Crippen LogP contribution in [0.3, 0.4) is 0 Å². The molecule has 0 unspecified atom stereocenters. The van der Waals surface area contributed by atoms with E-state index >= 15 is 0 Å². The monoisotopic (exact) mass is 450 g/mol. The van der Waals surface area contributed by atoms with Gasteiger partial charge >= 0.3 is 5.97 Å². The average molecular weight is 451 g/mol. The summed E-state index contributed by atoms with van der Waals surface area (Å²) in [6.07, 6.45) is 3.88. The maximum Gasteiger partial charge on any atom is 0.330 e. The van der Waals surface area contributed by atoms with Gasteiger partial charge in [0.05, 0.1) is 27.6 Å². The van der Waals surface area contributed by atoms with Crippen molar-refractivity contribution >= 4 is 33.4 Å². The molecule has 0 spiro atoms. The Balaban J connectivity index is 1.31. The van der Waals surface area contributed by atoms with Crippen molar-refractivity contribution in [1.82, 2.24) is 20.6 Å². The number of pyridine rings is 2. The molecular weight excluding hydrogens is 428 g/mol. The van der Waals surface area contributed by atoms with E-state index in [4.69, 9.17) is 4.74 Å². The molecule has 1 amide bonds. The molecule has 2 fully saturated rings. The molecule has 5 rings (SSSR count). The Morgan fingerprint density at radius 2 is 2.22 bits per heavy atom. The molecule has 8 nitrogen and oxygen atoms in total. The van der Waals surface area contributed by atoms with Crippen LogP contribution < -0.4 is 15.4 Å². The third kappa shape index (κ3) is 3.63. The van der Waals surface area contributed by atoms with Crippen LogP contribution >= 0.6 is 11.3 Å². The molecule has 1 saturated carbocycles. The first-order valence-electron chi connectivity index (χ1n) is 10.4. The zero-order valence-electron chi connectivity index (χ0n) is 17.2. The van der Waals surface area contributed by atoms with Crippen LogP contribution in [0, 0.1) is 5.92 Å². The van der Waals surface area contributed by atoms with Gasteiger partial charge in [-0.2, -0.15) is 0 Å². The van der Waals surface area contributed by atoms with Crippen LogP contribution in [0.15, 0.2) is 54.6 Å². The number of hydrogen-bond donors (Lipinski definition) is 3. The van der Waals surface area contributed by atoms with Gasteiger partial charge in [0.1, 0.15) is 17.4 Å². The second-order valence-electron chi connectivity index (χ2n) is 8.10. The zero-order chi connectivity index (χ0) is 22.3. The van der Waals surface area contributed by atoms with Gasteiger partial charge in [0.15, 0.2) is 0 Å². The van der Waals surface area contributed by atoms with Crippen LogP contribution in [0.2, 0.25) is 0 Å². The van der Waals surface area contributed by atoms with Gasteiger partial charge in [0.2, 0.25) is 5.91 Å². The van der Waals surface area contributed by atoms with E-state index in [2.05, 4.69) is 27.2 Å². The molecule has 32 heavy (non-hydrogen) atoms. The zero-order valence-corrected chi connectivity index (χ0v) is 18.0. The number of ether oxygens (including phenoxy) is 1. The summed E-state index contributed by atoms with van der Waals surface area (Å²) in [6.45, 7) is 4.14. The number of hydrogen-bond acceptors (Lipinski definition) is 7. The van der Waals surface area contributed by atoms with Crippen molar-refractivity contribution in [1.29, 1.82) is 0 Å². The molecule has 0 radical (unpaired) electrons. The largest absolute Gasteiger partial charge is 0.487 e. The van der Waals surface area contributed by atoms with E-state index in [9.17, 15) is 14.7 Å². The molecule has 1 aliphatic carbocycles. The van der Waals surface area contributed by atoms with Gasteiger partial charge in [0, 0.05) is 31.1 Å². The van der Waals surface area contributed by atoms with Gasteiger partial charge in [-0.15, -0.1) is 17.9 Å². The number of carbonyl (C=O) groups excluding carboxylic acids is 1. The number of rotatable bonds is 7. The number of nitrogens with zero attached hydrogens (tertiary/aromatic N) is 2. The van der Waals surface area contributed by atoms with Gasteiger partial charge in [-0.3, -0.25) is 9.78 Å². The van der Waals surface area contributed by atoms with Crippen molar-refractivity contribution in [2.45, 2.75) is 30.5 Å². The molecule has 4 heterocycles. The maximum atomic E-state index is 12.7. The second kappa shape index (κ2) is 7.99. The first kappa shape index (κ1) is 20.6. The fraction of sp³-hybridized carbons (Fsp3) is 0.304. The molecule has 3 aromatic heterocycles. The molecular formula is C23H22N4O4S. The van der Waals surface area contributed by atoms with Gasteiger partial charge in [-0.25, -0.2) is 9.78 Å². The lowest BCUT2D eigenvalue weighted by atomic mass is 10.1. The van der Waals surface area contributed by atoms with Crippen LogP contribution in [0.1, 0.15) is 12.8 Å². The maximum absolute atomic E-state index is 12.7. The molecule has 2 aliphatic rings.